The van der Waals surface area contributed by atoms with E-state index in [1.807, 2.05) is 35.2 Å². The van der Waals surface area contributed by atoms with Crippen LogP contribution in [0.2, 0.25) is 0 Å². The third-order valence-corrected chi connectivity index (χ3v) is 5.22. The number of piperazine rings is 1. The molecular formula is C23H21F3N4O3. The Morgan fingerprint density at radius 2 is 1.64 bits per heavy atom. The van der Waals surface area contributed by atoms with Crippen molar-refractivity contribution in [2.75, 3.05) is 38.0 Å². The summed E-state index contributed by atoms with van der Waals surface area (Å²) in [6.07, 6.45) is -4.77. The van der Waals surface area contributed by atoms with E-state index in [1.165, 1.54) is 12.1 Å². The van der Waals surface area contributed by atoms with Crippen LogP contribution >= 0.6 is 0 Å². The van der Waals surface area contributed by atoms with Gasteiger partial charge in [-0.15, -0.1) is 13.2 Å². The Labute approximate surface area is 187 Å². The number of amides is 2. The Hall–Kier alpha value is -3.66. The number of aromatic nitrogens is 1. The predicted octanol–water partition coefficient (Wildman–Crippen LogP) is 3.53. The molecule has 0 atom stereocenters. The van der Waals surface area contributed by atoms with Gasteiger partial charge < -0.3 is 15.0 Å². The summed E-state index contributed by atoms with van der Waals surface area (Å²) in [5.41, 5.74) is 1.51. The van der Waals surface area contributed by atoms with Gasteiger partial charge in [0.2, 0.25) is 5.91 Å². The minimum Gasteiger partial charge on any atom is -0.406 e. The second kappa shape index (κ2) is 9.45. The van der Waals surface area contributed by atoms with Gasteiger partial charge in [0.15, 0.2) is 0 Å². The minimum atomic E-state index is -4.77. The molecule has 1 aromatic heterocycles. The number of rotatable bonds is 5. The van der Waals surface area contributed by atoms with Gasteiger partial charge in [0.1, 0.15) is 11.4 Å². The monoisotopic (exact) mass is 458 g/mol. The molecule has 1 saturated heterocycles. The van der Waals surface area contributed by atoms with Crippen molar-refractivity contribution in [3.63, 3.8) is 0 Å². The SMILES string of the molecule is O=C(CN1CCN(C(=O)c2ccc3ccccc3n2)CC1)Nc1ccc(OC(F)(F)F)cc1. The average molecular weight is 458 g/mol. The van der Waals surface area contributed by atoms with Gasteiger partial charge in [-0.2, -0.15) is 0 Å². The maximum Gasteiger partial charge on any atom is 0.573 e. The van der Waals surface area contributed by atoms with E-state index in [9.17, 15) is 22.8 Å². The number of fused-ring (bicyclic) bond motifs is 1. The smallest absolute Gasteiger partial charge is 0.406 e. The third-order valence-electron chi connectivity index (χ3n) is 5.22. The van der Waals surface area contributed by atoms with Gasteiger partial charge in [-0.05, 0) is 36.4 Å². The first-order valence-electron chi connectivity index (χ1n) is 10.3. The number of nitrogens with one attached hydrogen (secondary N) is 1. The van der Waals surface area contributed by atoms with Crippen LogP contribution in [0.5, 0.6) is 5.75 Å². The molecule has 0 spiro atoms. The van der Waals surface area contributed by atoms with Crippen LogP contribution in [-0.4, -0.2) is 65.7 Å². The number of benzene rings is 2. The lowest BCUT2D eigenvalue weighted by atomic mass is 10.2. The molecule has 0 saturated carbocycles. The predicted molar refractivity (Wildman–Crippen MR) is 116 cm³/mol. The standard InChI is InChI=1S/C23H21F3N4O3/c24-23(25,26)33-18-8-6-17(7-9-18)27-21(31)15-29-11-13-30(14-12-29)22(32)20-10-5-16-3-1-2-4-19(16)28-20/h1-10H,11-15H2,(H,27,31). The first-order chi connectivity index (χ1) is 15.8. The Balaban J connectivity index is 1.26. The lowest BCUT2D eigenvalue weighted by Gasteiger charge is -2.34. The quantitative estimate of drug-likeness (QED) is 0.633. The van der Waals surface area contributed by atoms with Gasteiger partial charge in [-0.25, -0.2) is 4.98 Å². The summed E-state index contributed by atoms with van der Waals surface area (Å²) >= 11 is 0. The third kappa shape index (κ3) is 5.98. The van der Waals surface area contributed by atoms with Crippen LogP contribution in [-0.2, 0) is 4.79 Å². The number of para-hydroxylation sites is 1. The highest BCUT2D eigenvalue weighted by atomic mass is 19.4. The molecule has 1 aliphatic rings. The molecule has 2 heterocycles. The fourth-order valence-electron chi connectivity index (χ4n) is 3.60. The number of pyridine rings is 1. The maximum absolute atomic E-state index is 12.8. The summed E-state index contributed by atoms with van der Waals surface area (Å²) in [5.74, 6) is -0.802. The van der Waals surface area contributed by atoms with Gasteiger partial charge in [-0.1, -0.05) is 24.3 Å². The molecule has 2 aromatic carbocycles. The molecule has 0 aliphatic carbocycles. The molecule has 1 fully saturated rings. The molecule has 3 aromatic rings. The zero-order valence-electron chi connectivity index (χ0n) is 17.5. The molecule has 172 valence electrons. The maximum atomic E-state index is 12.8. The van der Waals surface area contributed by atoms with Crippen molar-refractivity contribution in [2.45, 2.75) is 6.36 Å². The van der Waals surface area contributed by atoms with Gasteiger partial charge in [0.05, 0.1) is 12.1 Å². The topological polar surface area (TPSA) is 74.8 Å². The van der Waals surface area contributed by atoms with Crippen molar-refractivity contribution in [3.05, 3.63) is 66.4 Å². The van der Waals surface area contributed by atoms with E-state index in [0.29, 0.717) is 37.6 Å². The molecule has 0 unspecified atom stereocenters. The molecule has 10 heteroatoms. The number of carbonyl (C=O) groups excluding carboxylic acids is 2. The molecule has 2 amide bonds. The van der Waals surface area contributed by atoms with Crippen molar-refractivity contribution in [2.24, 2.45) is 0 Å². The fraction of sp³-hybridized carbons (Fsp3) is 0.261. The molecule has 33 heavy (non-hydrogen) atoms. The summed E-state index contributed by atoms with van der Waals surface area (Å²) in [7, 11) is 0. The highest BCUT2D eigenvalue weighted by Gasteiger charge is 2.31. The van der Waals surface area contributed by atoms with Crippen LogP contribution < -0.4 is 10.1 Å². The summed E-state index contributed by atoms with van der Waals surface area (Å²) in [6.45, 7) is 2.07. The fourth-order valence-corrected chi connectivity index (χ4v) is 3.60. The number of halogens is 3. The molecule has 0 bridgehead atoms. The van der Waals surface area contributed by atoms with Crippen molar-refractivity contribution in [1.29, 1.82) is 0 Å². The lowest BCUT2D eigenvalue weighted by Crippen LogP contribution is -2.50. The van der Waals surface area contributed by atoms with Crippen LogP contribution in [0.25, 0.3) is 10.9 Å². The van der Waals surface area contributed by atoms with Crippen molar-refractivity contribution in [1.82, 2.24) is 14.8 Å². The van der Waals surface area contributed by atoms with E-state index in [0.717, 1.165) is 23.0 Å². The van der Waals surface area contributed by atoms with E-state index < -0.39 is 6.36 Å². The second-order valence-corrected chi connectivity index (χ2v) is 7.58. The molecule has 1 aliphatic heterocycles. The number of nitrogens with zero attached hydrogens (tertiary/aromatic N) is 3. The first kappa shape index (κ1) is 22.5. The van der Waals surface area contributed by atoms with Crippen molar-refractivity contribution >= 4 is 28.4 Å². The van der Waals surface area contributed by atoms with E-state index in [2.05, 4.69) is 15.0 Å². The van der Waals surface area contributed by atoms with Crippen LogP contribution in [0.4, 0.5) is 18.9 Å². The van der Waals surface area contributed by atoms with Crippen molar-refractivity contribution in [3.8, 4) is 5.75 Å². The number of hydrogen-bond donors (Lipinski definition) is 1. The first-order valence-corrected chi connectivity index (χ1v) is 10.3. The molecule has 7 nitrogen and oxygen atoms in total. The number of alkyl halides is 3. The number of anilines is 1. The Bertz CT molecular complexity index is 1140. The summed E-state index contributed by atoms with van der Waals surface area (Å²) in [6, 6.07) is 16.1. The van der Waals surface area contributed by atoms with Crippen LogP contribution in [0.1, 0.15) is 10.5 Å². The Kier molecular flexibility index (Phi) is 6.45. The lowest BCUT2D eigenvalue weighted by molar-refractivity contribution is -0.274. The zero-order chi connectivity index (χ0) is 23.4. The van der Waals surface area contributed by atoms with Gasteiger partial charge in [-0.3, -0.25) is 14.5 Å². The number of hydrogen-bond acceptors (Lipinski definition) is 5. The number of carbonyl (C=O) groups is 2. The van der Waals surface area contributed by atoms with Crippen LogP contribution in [0.3, 0.4) is 0 Å². The Morgan fingerprint density at radius 1 is 0.939 bits per heavy atom. The average Bonchev–Trinajstić information content (AvgIpc) is 2.79. The largest absolute Gasteiger partial charge is 0.573 e. The normalized spacial score (nSPS) is 14.8. The van der Waals surface area contributed by atoms with Gasteiger partial charge >= 0.3 is 6.36 Å². The summed E-state index contributed by atoms with van der Waals surface area (Å²) in [4.78, 5) is 33.2. The molecular weight excluding hydrogens is 437 g/mol. The van der Waals surface area contributed by atoms with Gasteiger partial charge in [0.25, 0.3) is 5.91 Å². The highest BCUT2D eigenvalue weighted by molar-refractivity contribution is 5.95. The molecule has 0 radical (unpaired) electrons. The minimum absolute atomic E-state index is 0.108. The second-order valence-electron chi connectivity index (χ2n) is 7.58. The van der Waals surface area contributed by atoms with Crippen molar-refractivity contribution < 1.29 is 27.5 Å². The van der Waals surface area contributed by atoms with E-state index in [1.54, 1.807) is 11.0 Å². The van der Waals surface area contributed by atoms with E-state index in [4.69, 9.17) is 0 Å². The molecule has 4 rings (SSSR count). The molecule has 1 N–H and O–H groups in total. The zero-order valence-corrected chi connectivity index (χ0v) is 17.5. The summed E-state index contributed by atoms with van der Waals surface area (Å²) < 4.78 is 40.5. The van der Waals surface area contributed by atoms with E-state index >= 15 is 0 Å². The van der Waals surface area contributed by atoms with Crippen LogP contribution in [0, 0.1) is 0 Å². The van der Waals surface area contributed by atoms with Crippen LogP contribution in [0.15, 0.2) is 60.7 Å². The summed E-state index contributed by atoms with van der Waals surface area (Å²) in [5, 5.41) is 3.61. The Morgan fingerprint density at radius 3 is 2.33 bits per heavy atom. The van der Waals surface area contributed by atoms with Gasteiger partial charge in [0, 0.05) is 37.3 Å². The highest BCUT2D eigenvalue weighted by Crippen LogP contribution is 2.24. The van der Waals surface area contributed by atoms with E-state index in [-0.39, 0.29) is 24.1 Å². The number of ether oxygens (including phenoxy) is 1.